The Balaban J connectivity index is 2.56. The third-order valence-electron chi connectivity index (χ3n) is 2.60. The first-order valence-electron chi connectivity index (χ1n) is 5.65. The number of phenolic OH excluding ortho intramolecular Hbond substituents is 1. The third-order valence-corrected chi connectivity index (χ3v) is 2.90. The van der Waals surface area contributed by atoms with E-state index in [1.807, 2.05) is 12.1 Å². The van der Waals surface area contributed by atoms with Crippen LogP contribution in [0.3, 0.4) is 0 Å². The van der Waals surface area contributed by atoms with Gasteiger partial charge in [-0.25, -0.2) is 0 Å². The smallest absolute Gasteiger partial charge is 0.138 e. The molecule has 90 valence electrons. The molecule has 0 heterocycles. The Morgan fingerprint density at radius 3 is 2.69 bits per heavy atom. The summed E-state index contributed by atoms with van der Waals surface area (Å²) in [6.07, 6.45) is 1.16. The standard InChI is InChI=1S/C13H20ClNO/c1-10(2)7-8-15(3)9-11-5-4-6-12(14)13(11)16/h4-6,10,16H,7-9H2,1-3H3. The topological polar surface area (TPSA) is 23.5 Å². The average molecular weight is 242 g/mol. The van der Waals surface area contributed by atoms with Crippen LogP contribution in [0.1, 0.15) is 25.8 Å². The first-order chi connectivity index (χ1) is 7.50. The monoisotopic (exact) mass is 241 g/mol. The Morgan fingerprint density at radius 2 is 2.06 bits per heavy atom. The lowest BCUT2D eigenvalue weighted by molar-refractivity contribution is 0.298. The number of aromatic hydroxyl groups is 1. The highest BCUT2D eigenvalue weighted by Crippen LogP contribution is 2.27. The molecular formula is C13H20ClNO. The van der Waals surface area contributed by atoms with Crippen molar-refractivity contribution in [2.45, 2.75) is 26.8 Å². The first kappa shape index (κ1) is 13.3. The first-order valence-corrected chi connectivity index (χ1v) is 6.03. The molecule has 3 heteroatoms. The lowest BCUT2D eigenvalue weighted by Gasteiger charge is -2.18. The lowest BCUT2D eigenvalue weighted by atomic mass is 10.1. The maximum atomic E-state index is 9.77. The van der Waals surface area contributed by atoms with Crippen molar-refractivity contribution in [3.8, 4) is 5.75 Å². The van der Waals surface area contributed by atoms with Crippen molar-refractivity contribution >= 4 is 11.6 Å². The minimum absolute atomic E-state index is 0.209. The molecule has 2 nitrogen and oxygen atoms in total. The molecule has 1 aromatic rings. The molecule has 0 saturated carbocycles. The predicted molar refractivity (Wildman–Crippen MR) is 68.9 cm³/mol. The van der Waals surface area contributed by atoms with Gasteiger partial charge in [0.25, 0.3) is 0 Å². The second-order valence-electron chi connectivity index (χ2n) is 4.67. The van der Waals surface area contributed by atoms with Crippen LogP contribution in [0, 0.1) is 5.92 Å². The van der Waals surface area contributed by atoms with Crippen molar-refractivity contribution in [1.82, 2.24) is 4.90 Å². The zero-order valence-corrected chi connectivity index (χ0v) is 11.0. The molecule has 1 aromatic carbocycles. The quantitative estimate of drug-likeness (QED) is 0.853. The highest BCUT2D eigenvalue weighted by Gasteiger charge is 2.08. The number of rotatable bonds is 5. The Hall–Kier alpha value is -0.730. The Bertz CT molecular complexity index is 339. The van der Waals surface area contributed by atoms with E-state index in [-0.39, 0.29) is 5.75 Å². The van der Waals surface area contributed by atoms with E-state index in [4.69, 9.17) is 11.6 Å². The molecule has 1 N–H and O–H groups in total. The normalized spacial score (nSPS) is 11.4. The van der Waals surface area contributed by atoms with Gasteiger partial charge in [-0.2, -0.15) is 0 Å². The minimum atomic E-state index is 0.209. The van der Waals surface area contributed by atoms with Crippen molar-refractivity contribution in [2.24, 2.45) is 5.92 Å². The van der Waals surface area contributed by atoms with Crippen LogP contribution >= 0.6 is 11.6 Å². The predicted octanol–water partition coefficient (Wildman–Crippen LogP) is 3.52. The van der Waals surface area contributed by atoms with Crippen LogP contribution in [0.2, 0.25) is 5.02 Å². The number of hydrogen-bond donors (Lipinski definition) is 1. The van der Waals surface area contributed by atoms with E-state index in [1.165, 1.54) is 0 Å². The van der Waals surface area contributed by atoms with Crippen LogP contribution in [0.4, 0.5) is 0 Å². The second-order valence-corrected chi connectivity index (χ2v) is 5.08. The summed E-state index contributed by atoms with van der Waals surface area (Å²) in [4.78, 5) is 2.20. The van der Waals surface area contributed by atoms with Crippen molar-refractivity contribution in [2.75, 3.05) is 13.6 Å². The maximum absolute atomic E-state index is 9.77. The molecule has 0 atom stereocenters. The van der Waals surface area contributed by atoms with Crippen LogP contribution in [0.25, 0.3) is 0 Å². The molecule has 0 aliphatic heterocycles. The minimum Gasteiger partial charge on any atom is -0.506 e. The van der Waals surface area contributed by atoms with Gasteiger partial charge >= 0.3 is 0 Å². The van der Waals surface area contributed by atoms with Crippen molar-refractivity contribution < 1.29 is 5.11 Å². The van der Waals surface area contributed by atoms with Gasteiger partial charge in [0.05, 0.1) is 5.02 Å². The van der Waals surface area contributed by atoms with E-state index < -0.39 is 0 Å². The van der Waals surface area contributed by atoms with Crippen molar-refractivity contribution in [3.63, 3.8) is 0 Å². The van der Waals surface area contributed by atoms with Crippen LogP contribution in [-0.2, 0) is 6.54 Å². The van der Waals surface area contributed by atoms with Gasteiger partial charge in [-0.15, -0.1) is 0 Å². The molecule has 0 saturated heterocycles. The molecule has 0 bridgehead atoms. The van der Waals surface area contributed by atoms with Crippen molar-refractivity contribution in [1.29, 1.82) is 0 Å². The van der Waals surface area contributed by atoms with Gasteiger partial charge in [-0.05, 0) is 32.0 Å². The summed E-state index contributed by atoms with van der Waals surface area (Å²) in [5, 5.41) is 10.2. The number of para-hydroxylation sites is 1. The largest absolute Gasteiger partial charge is 0.506 e. The van der Waals surface area contributed by atoms with Crippen LogP contribution in [0.5, 0.6) is 5.75 Å². The molecule has 0 fully saturated rings. The van der Waals surface area contributed by atoms with Gasteiger partial charge in [0.2, 0.25) is 0 Å². The molecule has 0 aromatic heterocycles. The van der Waals surface area contributed by atoms with E-state index in [1.54, 1.807) is 6.07 Å². The van der Waals surface area contributed by atoms with Crippen molar-refractivity contribution in [3.05, 3.63) is 28.8 Å². The molecule has 0 amide bonds. The summed E-state index contributed by atoms with van der Waals surface area (Å²) in [5.41, 5.74) is 0.888. The second kappa shape index (κ2) is 6.12. The van der Waals surface area contributed by atoms with E-state index in [9.17, 15) is 5.11 Å². The fourth-order valence-corrected chi connectivity index (χ4v) is 1.73. The van der Waals surface area contributed by atoms with Gasteiger partial charge in [0.1, 0.15) is 5.75 Å². The summed E-state index contributed by atoms with van der Waals surface area (Å²) in [7, 11) is 2.06. The molecule has 0 aliphatic carbocycles. The summed E-state index contributed by atoms with van der Waals surface area (Å²) in [6.45, 7) is 6.19. The van der Waals surface area contributed by atoms with Crippen LogP contribution in [0.15, 0.2) is 18.2 Å². The Morgan fingerprint density at radius 1 is 1.38 bits per heavy atom. The van der Waals surface area contributed by atoms with Crippen LogP contribution < -0.4 is 0 Å². The zero-order valence-electron chi connectivity index (χ0n) is 10.2. The fourth-order valence-electron chi connectivity index (χ4n) is 1.54. The Kier molecular flexibility index (Phi) is 5.10. The summed E-state index contributed by atoms with van der Waals surface area (Å²) < 4.78 is 0. The average Bonchev–Trinajstić information content (AvgIpc) is 2.22. The Labute approximate surface area is 103 Å². The summed E-state index contributed by atoms with van der Waals surface area (Å²) in [6, 6.07) is 5.48. The van der Waals surface area contributed by atoms with E-state index in [0.29, 0.717) is 10.9 Å². The third kappa shape index (κ3) is 4.03. The molecule has 0 spiro atoms. The van der Waals surface area contributed by atoms with Gasteiger partial charge in [0, 0.05) is 12.1 Å². The lowest BCUT2D eigenvalue weighted by Crippen LogP contribution is -2.20. The van der Waals surface area contributed by atoms with E-state index in [0.717, 1.165) is 25.1 Å². The fraction of sp³-hybridized carbons (Fsp3) is 0.538. The highest BCUT2D eigenvalue weighted by atomic mass is 35.5. The van der Waals surface area contributed by atoms with Crippen LogP contribution in [-0.4, -0.2) is 23.6 Å². The number of halogens is 1. The highest BCUT2D eigenvalue weighted by molar-refractivity contribution is 6.32. The maximum Gasteiger partial charge on any atom is 0.138 e. The van der Waals surface area contributed by atoms with Gasteiger partial charge in [-0.1, -0.05) is 37.6 Å². The van der Waals surface area contributed by atoms with Gasteiger partial charge in [-0.3, -0.25) is 0 Å². The summed E-state index contributed by atoms with van der Waals surface area (Å²) in [5.74, 6) is 0.913. The number of hydrogen-bond acceptors (Lipinski definition) is 2. The van der Waals surface area contributed by atoms with E-state index >= 15 is 0 Å². The molecule has 16 heavy (non-hydrogen) atoms. The molecular weight excluding hydrogens is 222 g/mol. The SMILES string of the molecule is CC(C)CCN(C)Cc1cccc(Cl)c1O. The van der Waals surface area contributed by atoms with Gasteiger partial charge < -0.3 is 10.0 Å². The summed E-state index contributed by atoms with van der Waals surface area (Å²) >= 11 is 5.86. The number of phenols is 1. The molecule has 0 radical (unpaired) electrons. The number of nitrogens with zero attached hydrogens (tertiary/aromatic N) is 1. The molecule has 1 rings (SSSR count). The van der Waals surface area contributed by atoms with E-state index in [2.05, 4.69) is 25.8 Å². The number of benzene rings is 1. The zero-order chi connectivity index (χ0) is 12.1. The van der Waals surface area contributed by atoms with Gasteiger partial charge in [0.15, 0.2) is 0 Å². The molecule has 0 unspecified atom stereocenters. The molecule has 0 aliphatic rings.